The molecule has 0 bridgehead atoms. The quantitative estimate of drug-likeness (QED) is 0.398. The molecule has 1 aliphatic heterocycles. The highest BCUT2D eigenvalue weighted by molar-refractivity contribution is 7.89. The van der Waals surface area contributed by atoms with Crippen molar-refractivity contribution in [1.82, 2.24) is 4.72 Å². The second-order valence-corrected chi connectivity index (χ2v) is 8.29. The summed E-state index contributed by atoms with van der Waals surface area (Å²) < 4.78 is 33.4. The number of nitrogens with one attached hydrogen (secondary N) is 1. The molecule has 1 saturated carbocycles. The van der Waals surface area contributed by atoms with Crippen LogP contribution in [0.2, 0.25) is 0 Å². The van der Waals surface area contributed by atoms with Crippen molar-refractivity contribution in [2.24, 2.45) is 5.92 Å². The number of ether oxygens (including phenoxy) is 1. The summed E-state index contributed by atoms with van der Waals surface area (Å²) in [5, 5.41) is 8.61. The number of fused-ring (bicyclic) bond motifs is 1. The highest BCUT2D eigenvalue weighted by Crippen LogP contribution is 2.45. The molecule has 0 spiro atoms. The number of rotatable bonds is 9. The summed E-state index contributed by atoms with van der Waals surface area (Å²) in [6.07, 6.45) is 7.21. The average molecular weight is 365 g/mol. The Morgan fingerprint density at radius 2 is 2.04 bits per heavy atom. The molecule has 0 amide bonds. The topological polar surface area (TPSA) is 96.0 Å². The van der Waals surface area contributed by atoms with Gasteiger partial charge in [-0.3, -0.25) is 4.79 Å². The number of carboxylic acid groups (broad SMARTS) is 1. The first-order valence-corrected chi connectivity index (χ1v) is 10.1. The van der Waals surface area contributed by atoms with E-state index in [9.17, 15) is 13.2 Å². The van der Waals surface area contributed by atoms with Crippen LogP contribution in [0, 0.1) is 5.92 Å². The lowest BCUT2D eigenvalue weighted by molar-refractivity contribution is -0.137. The van der Waals surface area contributed by atoms with Gasteiger partial charge in [-0.1, -0.05) is 30.4 Å². The lowest BCUT2D eigenvalue weighted by Gasteiger charge is -2.22. The van der Waals surface area contributed by atoms with Crippen molar-refractivity contribution in [3.8, 4) is 0 Å². The minimum Gasteiger partial charge on any atom is -0.481 e. The first kappa shape index (κ1) is 18.1. The fourth-order valence-corrected chi connectivity index (χ4v) is 4.74. The summed E-state index contributed by atoms with van der Waals surface area (Å²) in [4.78, 5) is 10.8. The Hall–Kier alpha value is -1.70. The van der Waals surface area contributed by atoms with Crippen molar-refractivity contribution in [2.75, 3.05) is 0 Å². The Balaban J connectivity index is 1.55. The van der Waals surface area contributed by atoms with Crippen molar-refractivity contribution in [3.63, 3.8) is 0 Å². The number of hydrogen-bond acceptors (Lipinski definition) is 4. The minimum atomic E-state index is -3.52. The molecule has 0 radical (unpaired) electrons. The zero-order valence-corrected chi connectivity index (χ0v) is 14.7. The van der Waals surface area contributed by atoms with Crippen LogP contribution in [-0.2, 0) is 19.6 Å². The van der Waals surface area contributed by atoms with Crippen LogP contribution in [0.4, 0.5) is 0 Å². The van der Waals surface area contributed by atoms with E-state index in [1.807, 2.05) is 12.2 Å². The molecule has 0 aromatic heterocycles. The number of allylic oxidation sites excluding steroid dienone is 2. The number of carbonyl (C=O) groups is 1. The number of hydrogen-bond donors (Lipinski definition) is 2. The highest BCUT2D eigenvalue weighted by Gasteiger charge is 2.55. The number of aliphatic carboxylic acids is 1. The molecule has 2 N–H and O–H groups in total. The van der Waals surface area contributed by atoms with Gasteiger partial charge in [0.25, 0.3) is 0 Å². The van der Waals surface area contributed by atoms with Crippen molar-refractivity contribution in [2.45, 2.75) is 55.2 Å². The molecule has 1 aromatic rings. The molecule has 2 fully saturated rings. The molecule has 1 heterocycles. The zero-order valence-electron chi connectivity index (χ0n) is 13.9. The van der Waals surface area contributed by atoms with E-state index in [1.54, 1.807) is 30.3 Å². The Morgan fingerprint density at radius 1 is 1.28 bits per heavy atom. The molecule has 3 rings (SSSR count). The molecule has 0 unspecified atom stereocenters. The van der Waals surface area contributed by atoms with E-state index in [0.29, 0.717) is 19.3 Å². The van der Waals surface area contributed by atoms with Crippen LogP contribution in [-0.4, -0.2) is 37.7 Å². The summed E-state index contributed by atoms with van der Waals surface area (Å²) in [6, 6.07) is 8.26. The molecule has 1 aromatic carbocycles. The number of sulfonamides is 1. The minimum absolute atomic E-state index is 0.124. The first-order chi connectivity index (χ1) is 12.0. The fourth-order valence-electron chi connectivity index (χ4n) is 3.42. The van der Waals surface area contributed by atoms with Crippen molar-refractivity contribution < 1.29 is 23.1 Å². The zero-order chi connectivity index (χ0) is 17.9. The fraction of sp³-hybridized carbons (Fsp3) is 0.500. The van der Waals surface area contributed by atoms with E-state index in [4.69, 9.17) is 9.84 Å². The van der Waals surface area contributed by atoms with E-state index in [2.05, 4.69) is 4.72 Å². The third-order valence-corrected chi connectivity index (χ3v) is 6.25. The summed E-state index contributed by atoms with van der Waals surface area (Å²) >= 11 is 0. The number of carboxylic acids is 1. The van der Waals surface area contributed by atoms with Crippen LogP contribution in [0.5, 0.6) is 0 Å². The van der Waals surface area contributed by atoms with Crippen LogP contribution in [0.1, 0.15) is 32.1 Å². The Labute approximate surface area is 147 Å². The third kappa shape index (κ3) is 4.68. The molecular formula is C18H23NO5S. The lowest BCUT2D eigenvalue weighted by Crippen LogP contribution is -2.39. The van der Waals surface area contributed by atoms with Crippen LogP contribution in [0.15, 0.2) is 47.4 Å². The van der Waals surface area contributed by atoms with Gasteiger partial charge in [-0.25, -0.2) is 13.1 Å². The van der Waals surface area contributed by atoms with Gasteiger partial charge in [0, 0.05) is 18.4 Å². The summed E-state index contributed by atoms with van der Waals surface area (Å²) in [5.74, 6) is -0.659. The van der Waals surface area contributed by atoms with Crippen molar-refractivity contribution >= 4 is 16.0 Å². The predicted octanol–water partition coefficient (Wildman–Crippen LogP) is 2.32. The smallest absolute Gasteiger partial charge is 0.303 e. The van der Waals surface area contributed by atoms with Gasteiger partial charge < -0.3 is 9.84 Å². The van der Waals surface area contributed by atoms with Crippen molar-refractivity contribution in [3.05, 3.63) is 42.5 Å². The second-order valence-electron chi connectivity index (χ2n) is 6.57. The monoisotopic (exact) mass is 365 g/mol. The van der Waals surface area contributed by atoms with Gasteiger partial charge in [0.2, 0.25) is 10.0 Å². The average Bonchev–Trinajstić information content (AvgIpc) is 3.25. The number of unbranched alkanes of at least 4 members (excludes halogenated alkanes) is 1. The van der Waals surface area contributed by atoms with Gasteiger partial charge >= 0.3 is 5.97 Å². The Bertz CT molecular complexity index is 731. The van der Waals surface area contributed by atoms with E-state index in [-0.39, 0.29) is 35.5 Å². The predicted molar refractivity (Wildman–Crippen MR) is 92.6 cm³/mol. The molecule has 6 nitrogen and oxygen atoms in total. The molecular weight excluding hydrogens is 342 g/mol. The molecule has 7 heteroatoms. The normalized spacial score (nSPS) is 28.2. The van der Waals surface area contributed by atoms with E-state index < -0.39 is 16.0 Å². The Kier molecular flexibility index (Phi) is 5.56. The Morgan fingerprint density at radius 3 is 2.76 bits per heavy atom. The molecule has 2 aliphatic rings. The molecule has 136 valence electrons. The van der Waals surface area contributed by atoms with Gasteiger partial charge in [-0.2, -0.15) is 0 Å². The summed E-state index contributed by atoms with van der Waals surface area (Å²) in [6.45, 7) is 0. The van der Waals surface area contributed by atoms with Crippen LogP contribution >= 0.6 is 0 Å². The van der Waals surface area contributed by atoms with Crippen LogP contribution < -0.4 is 4.72 Å². The van der Waals surface area contributed by atoms with Gasteiger partial charge in [0.1, 0.15) is 0 Å². The third-order valence-electron chi connectivity index (χ3n) is 4.74. The van der Waals surface area contributed by atoms with E-state index >= 15 is 0 Å². The molecule has 1 aliphatic carbocycles. The van der Waals surface area contributed by atoms with Gasteiger partial charge in [-0.15, -0.1) is 0 Å². The van der Waals surface area contributed by atoms with Gasteiger partial charge in [-0.05, 0) is 37.8 Å². The second kappa shape index (κ2) is 7.68. The maximum absolute atomic E-state index is 12.5. The SMILES string of the molecule is O=C(O)CCCC=CC[C@H]1[C@@H]2O[C@@H]2C[C@@H]1NS(=O)(=O)c1ccccc1. The lowest BCUT2D eigenvalue weighted by atomic mass is 9.98. The van der Waals surface area contributed by atoms with Gasteiger partial charge in [0.05, 0.1) is 17.1 Å². The summed E-state index contributed by atoms with van der Waals surface area (Å²) in [7, 11) is -3.52. The van der Waals surface area contributed by atoms with E-state index in [0.717, 1.165) is 6.42 Å². The van der Waals surface area contributed by atoms with Crippen LogP contribution in [0.25, 0.3) is 0 Å². The first-order valence-electron chi connectivity index (χ1n) is 8.57. The standard InChI is InChI=1S/C18H23NO5S/c20-17(21)11-7-2-1-6-10-14-15(12-16-18(14)24-16)19-25(22,23)13-8-4-3-5-9-13/h1,3-6,8-9,14-16,18-19H,2,7,10-12H2,(H,20,21)/t14-,15+,16-,18+/m1/s1. The van der Waals surface area contributed by atoms with Crippen LogP contribution in [0.3, 0.4) is 0 Å². The van der Waals surface area contributed by atoms with Crippen molar-refractivity contribution in [1.29, 1.82) is 0 Å². The van der Waals surface area contributed by atoms with Gasteiger partial charge in [0.15, 0.2) is 0 Å². The molecule has 25 heavy (non-hydrogen) atoms. The van der Waals surface area contributed by atoms with E-state index in [1.165, 1.54) is 0 Å². The molecule has 1 saturated heterocycles. The maximum Gasteiger partial charge on any atom is 0.303 e. The number of epoxide rings is 1. The maximum atomic E-state index is 12.5. The molecule has 4 atom stereocenters. The highest BCUT2D eigenvalue weighted by atomic mass is 32.2. The number of benzene rings is 1. The largest absolute Gasteiger partial charge is 0.481 e. The summed E-state index contributed by atoms with van der Waals surface area (Å²) in [5.41, 5.74) is 0.